The molecule has 1 aliphatic heterocycles. The van der Waals surface area contributed by atoms with Crippen molar-refractivity contribution < 1.29 is 22.7 Å². The smallest absolute Gasteiger partial charge is 0.337 e. The molecule has 0 aliphatic carbocycles. The summed E-state index contributed by atoms with van der Waals surface area (Å²) in [6.07, 6.45) is 0. The van der Waals surface area contributed by atoms with Gasteiger partial charge in [0.05, 0.1) is 24.3 Å². The van der Waals surface area contributed by atoms with Gasteiger partial charge < -0.3 is 10.1 Å². The van der Waals surface area contributed by atoms with Crippen molar-refractivity contribution in [3.8, 4) is 0 Å². The number of ether oxygens (including phenoxy) is 1. The summed E-state index contributed by atoms with van der Waals surface area (Å²) in [6, 6.07) is 7.70. The van der Waals surface area contributed by atoms with Crippen LogP contribution in [0.2, 0.25) is 0 Å². The van der Waals surface area contributed by atoms with E-state index >= 15 is 0 Å². The van der Waals surface area contributed by atoms with Gasteiger partial charge in [-0.2, -0.15) is 0 Å². The molecule has 1 atom stereocenters. The van der Waals surface area contributed by atoms with E-state index in [-0.39, 0.29) is 16.2 Å². The summed E-state index contributed by atoms with van der Waals surface area (Å²) in [4.78, 5) is 13.9. The summed E-state index contributed by atoms with van der Waals surface area (Å²) in [5.41, 5.74) is 0.475. The third kappa shape index (κ3) is 3.40. The van der Waals surface area contributed by atoms with Crippen LogP contribution in [0, 0.1) is 17.5 Å². The number of hydrogen-bond acceptors (Lipinski definition) is 3. The molecule has 2 aromatic rings. The summed E-state index contributed by atoms with van der Waals surface area (Å²) < 4.78 is 46.7. The molecule has 0 bridgehead atoms. The van der Waals surface area contributed by atoms with Crippen molar-refractivity contribution in [2.75, 3.05) is 12.0 Å². The highest BCUT2D eigenvalue weighted by Gasteiger charge is 2.37. The highest BCUT2D eigenvalue weighted by atomic mass is 32.1. The van der Waals surface area contributed by atoms with E-state index in [1.54, 1.807) is 6.92 Å². The average Bonchev–Trinajstić information content (AvgIpc) is 2.62. The zero-order valence-corrected chi connectivity index (χ0v) is 15.2. The molecule has 0 spiro atoms. The van der Waals surface area contributed by atoms with E-state index in [2.05, 4.69) is 5.32 Å². The number of rotatable bonds is 3. The Hall–Kier alpha value is -2.87. The summed E-state index contributed by atoms with van der Waals surface area (Å²) in [7, 11) is 1.17. The van der Waals surface area contributed by atoms with Crippen molar-refractivity contribution in [2.24, 2.45) is 0 Å². The fourth-order valence-electron chi connectivity index (χ4n) is 3.02. The summed E-state index contributed by atoms with van der Waals surface area (Å²) in [6.45, 7) is 1.58. The number of methoxy groups -OCH3 is 1. The van der Waals surface area contributed by atoms with Gasteiger partial charge in [0.1, 0.15) is 17.5 Å². The standard InChI is InChI=1S/C19H15F3N2O2S/c1-10-15(18(25)26-2)17(16-13(21)4-3-5-14(16)22)23-19(27)24(10)12-8-6-11(20)7-9-12/h3-9,17H,1-2H3,(H,23,27)/t17-/m0/s1. The Morgan fingerprint density at radius 2 is 1.70 bits per heavy atom. The first-order valence-corrected chi connectivity index (χ1v) is 8.35. The van der Waals surface area contributed by atoms with Gasteiger partial charge in [0.25, 0.3) is 0 Å². The van der Waals surface area contributed by atoms with Gasteiger partial charge in [0.2, 0.25) is 0 Å². The van der Waals surface area contributed by atoms with Crippen LogP contribution in [0.1, 0.15) is 18.5 Å². The maximum atomic E-state index is 14.3. The Morgan fingerprint density at radius 3 is 2.26 bits per heavy atom. The van der Waals surface area contributed by atoms with Crippen LogP contribution in [0.3, 0.4) is 0 Å². The van der Waals surface area contributed by atoms with Gasteiger partial charge in [0.15, 0.2) is 5.11 Å². The second kappa shape index (κ2) is 7.40. The quantitative estimate of drug-likeness (QED) is 0.632. The highest BCUT2D eigenvalue weighted by molar-refractivity contribution is 7.80. The first kappa shape index (κ1) is 18.9. The van der Waals surface area contributed by atoms with Crippen molar-refractivity contribution in [1.29, 1.82) is 0 Å². The van der Waals surface area contributed by atoms with Gasteiger partial charge in [-0.05, 0) is 55.5 Å². The van der Waals surface area contributed by atoms with E-state index in [1.807, 2.05) is 0 Å². The van der Waals surface area contributed by atoms with Crippen LogP contribution in [0.4, 0.5) is 18.9 Å². The third-order valence-electron chi connectivity index (χ3n) is 4.26. The number of esters is 1. The average molecular weight is 392 g/mol. The maximum Gasteiger partial charge on any atom is 0.337 e. The van der Waals surface area contributed by atoms with Crippen LogP contribution in [-0.4, -0.2) is 18.2 Å². The lowest BCUT2D eigenvalue weighted by molar-refractivity contribution is -0.136. The number of allylic oxidation sites excluding steroid dienone is 1. The van der Waals surface area contributed by atoms with Gasteiger partial charge in [-0.3, -0.25) is 4.90 Å². The zero-order valence-electron chi connectivity index (χ0n) is 14.4. The van der Waals surface area contributed by atoms with E-state index in [0.717, 1.165) is 12.1 Å². The molecule has 27 heavy (non-hydrogen) atoms. The zero-order chi connectivity index (χ0) is 19.7. The number of halogens is 3. The minimum Gasteiger partial charge on any atom is -0.466 e. The van der Waals surface area contributed by atoms with E-state index in [0.29, 0.717) is 11.4 Å². The molecule has 0 amide bonds. The predicted octanol–water partition coefficient (Wildman–Crippen LogP) is 3.99. The van der Waals surface area contributed by atoms with Gasteiger partial charge in [-0.15, -0.1) is 0 Å². The lowest BCUT2D eigenvalue weighted by Gasteiger charge is -2.37. The van der Waals surface area contributed by atoms with Gasteiger partial charge in [0, 0.05) is 11.4 Å². The van der Waals surface area contributed by atoms with Gasteiger partial charge in [-0.25, -0.2) is 18.0 Å². The minimum atomic E-state index is -1.16. The Morgan fingerprint density at radius 1 is 1.11 bits per heavy atom. The van der Waals surface area contributed by atoms with E-state index < -0.39 is 29.5 Å². The number of benzene rings is 2. The van der Waals surface area contributed by atoms with Crippen molar-refractivity contribution in [2.45, 2.75) is 13.0 Å². The van der Waals surface area contributed by atoms with Crippen molar-refractivity contribution in [3.63, 3.8) is 0 Å². The largest absolute Gasteiger partial charge is 0.466 e. The molecule has 0 unspecified atom stereocenters. The molecule has 0 saturated carbocycles. The van der Waals surface area contributed by atoms with Crippen molar-refractivity contribution in [1.82, 2.24) is 5.32 Å². The number of thiocarbonyl (C=S) groups is 1. The molecule has 4 nitrogen and oxygen atoms in total. The van der Waals surface area contributed by atoms with Crippen LogP contribution in [0.15, 0.2) is 53.7 Å². The molecule has 1 aliphatic rings. The molecule has 140 valence electrons. The van der Waals surface area contributed by atoms with Crippen LogP contribution in [-0.2, 0) is 9.53 Å². The van der Waals surface area contributed by atoms with E-state index in [4.69, 9.17) is 17.0 Å². The van der Waals surface area contributed by atoms with Crippen LogP contribution >= 0.6 is 12.2 Å². The molecular weight excluding hydrogens is 377 g/mol. The van der Waals surface area contributed by atoms with E-state index in [9.17, 15) is 18.0 Å². The SMILES string of the molecule is COC(=O)C1=C(C)N(c2ccc(F)cc2)C(=S)N[C@@H]1c1c(F)cccc1F. The highest BCUT2D eigenvalue weighted by Crippen LogP contribution is 2.36. The molecule has 1 heterocycles. The Bertz CT molecular complexity index is 924. The molecule has 0 aromatic heterocycles. The van der Waals surface area contributed by atoms with Crippen LogP contribution < -0.4 is 10.2 Å². The number of carbonyl (C=O) groups excluding carboxylic acids is 1. The molecule has 8 heteroatoms. The molecular formula is C19H15F3N2O2S. The summed E-state index contributed by atoms with van der Waals surface area (Å²) in [5, 5.41) is 2.91. The maximum absolute atomic E-state index is 14.3. The summed E-state index contributed by atoms with van der Waals surface area (Å²) >= 11 is 5.35. The Labute approximate surface area is 159 Å². The second-order valence-corrected chi connectivity index (χ2v) is 6.21. The fraction of sp³-hybridized carbons (Fsp3) is 0.158. The molecule has 0 fully saturated rings. The molecule has 3 rings (SSSR count). The number of nitrogens with one attached hydrogen (secondary N) is 1. The molecule has 0 saturated heterocycles. The first-order chi connectivity index (χ1) is 12.8. The second-order valence-electron chi connectivity index (χ2n) is 5.82. The minimum absolute atomic E-state index is 0.000532. The third-order valence-corrected chi connectivity index (χ3v) is 4.56. The lowest BCUT2D eigenvalue weighted by Crippen LogP contribution is -2.48. The molecule has 0 radical (unpaired) electrons. The first-order valence-electron chi connectivity index (χ1n) is 7.94. The number of carbonyl (C=O) groups is 1. The van der Waals surface area contributed by atoms with Crippen molar-refractivity contribution >= 4 is 29.0 Å². The monoisotopic (exact) mass is 392 g/mol. The normalized spacial score (nSPS) is 17.0. The number of nitrogens with zero attached hydrogens (tertiary/aromatic N) is 1. The van der Waals surface area contributed by atoms with Crippen molar-refractivity contribution in [3.05, 3.63) is 76.7 Å². The Kier molecular flexibility index (Phi) is 5.18. The Balaban J connectivity index is 2.19. The van der Waals surface area contributed by atoms with Gasteiger partial charge in [-0.1, -0.05) is 6.07 Å². The van der Waals surface area contributed by atoms with Crippen LogP contribution in [0.25, 0.3) is 0 Å². The predicted molar refractivity (Wildman–Crippen MR) is 98.4 cm³/mol. The summed E-state index contributed by atoms with van der Waals surface area (Å²) in [5.74, 6) is -2.84. The number of hydrogen-bond donors (Lipinski definition) is 1. The van der Waals surface area contributed by atoms with Crippen LogP contribution in [0.5, 0.6) is 0 Å². The molecule has 2 aromatic carbocycles. The molecule has 1 N–H and O–H groups in total. The number of anilines is 1. The topological polar surface area (TPSA) is 41.6 Å². The van der Waals surface area contributed by atoms with E-state index in [1.165, 1.54) is 42.3 Å². The lowest BCUT2D eigenvalue weighted by atomic mass is 9.94. The fourth-order valence-corrected chi connectivity index (χ4v) is 3.38. The van der Waals surface area contributed by atoms with Gasteiger partial charge >= 0.3 is 5.97 Å².